The molecule has 7 heteroatoms. The lowest BCUT2D eigenvalue weighted by Gasteiger charge is -2.11. The molecule has 0 spiro atoms. The molecule has 0 aliphatic heterocycles. The van der Waals surface area contributed by atoms with E-state index in [0.717, 1.165) is 0 Å². The molecule has 19 heavy (non-hydrogen) atoms. The first-order valence-corrected chi connectivity index (χ1v) is 5.72. The Labute approximate surface area is 118 Å². The van der Waals surface area contributed by atoms with Gasteiger partial charge in [-0.1, -0.05) is 13.0 Å². The van der Waals surface area contributed by atoms with Gasteiger partial charge >= 0.3 is 6.03 Å². The molecule has 0 unspecified atom stereocenters. The fourth-order valence-corrected chi connectivity index (χ4v) is 1.29. The smallest absolute Gasteiger partial charge is 0.318 e. The van der Waals surface area contributed by atoms with Crippen molar-refractivity contribution < 1.29 is 9.59 Å². The molecule has 0 heterocycles. The van der Waals surface area contributed by atoms with Gasteiger partial charge in [-0.25, -0.2) is 4.79 Å². The average Bonchev–Trinajstić information content (AvgIpc) is 2.37. The summed E-state index contributed by atoms with van der Waals surface area (Å²) in [5.74, 6) is -0.241. The summed E-state index contributed by atoms with van der Waals surface area (Å²) >= 11 is 0. The van der Waals surface area contributed by atoms with Gasteiger partial charge < -0.3 is 21.7 Å². The van der Waals surface area contributed by atoms with Gasteiger partial charge in [0.15, 0.2) is 0 Å². The summed E-state index contributed by atoms with van der Waals surface area (Å²) in [6, 6.07) is 6.01. The molecule has 1 atom stereocenters. The van der Waals surface area contributed by atoms with E-state index in [4.69, 9.17) is 5.73 Å². The second-order valence-electron chi connectivity index (χ2n) is 3.79. The van der Waals surface area contributed by atoms with E-state index in [-0.39, 0.29) is 24.3 Å². The molecule has 106 valence electrons. The molecule has 5 N–H and O–H groups in total. The van der Waals surface area contributed by atoms with Crippen molar-refractivity contribution in [2.45, 2.75) is 19.4 Å². The number of nitrogens with one attached hydrogen (secondary N) is 3. The molecule has 0 saturated heterocycles. The lowest BCUT2D eigenvalue weighted by Crippen LogP contribution is -2.34. The summed E-state index contributed by atoms with van der Waals surface area (Å²) in [7, 11) is 1.53. The van der Waals surface area contributed by atoms with Crippen LogP contribution in [0.3, 0.4) is 0 Å². The monoisotopic (exact) mass is 286 g/mol. The normalized spacial score (nSPS) is 10.9. The first kappa shape index (κ1) is 17.2. The van der Waals surface area contributed by atoms with Crippen molar-refractivity contribution in [2.24, 2.45) is 5.73 Å². The minimum atomic E-state index is -0.527. The van der Waals surface area contributed by atoms with E-state index in [9.17, 15) is 9.59 Å². The van der Waals surface area contributed by atoms with Gasteiger partial charge in [-0.15, -0.1) is 12.4 Å². The summed E-state index contributed by atoms with van der Waals surface area (Å²) in [4.78, 5) is 22.7. The zero-order chi connectivity index (χ0) is 13.5. The van der Waals surface area contributed by atoms with Crippen LogP contribution in [0.2, 0.25) is 0 Å². The summed E-state index contributed by atoms with van der Waals surface area (Å²) in [6.45, 7) is 1.84. The highest BCUT2D eigenvalue weighted by Crippen LogP contribution is 2.15. The Morgan fingerprint density at radius 3 is 2.37 bits per heavy atom. The quantitative estimate of drug-likeness (QED) is 0.676. The topological polar surface area (TPSA) is 96.2 Å². The largest absolute Gasteiger partial charge is 0.341 e. The number of carbonyl (C=O) groups excluding carboxylic acids is 2. The van der Waals surface area contributed by atoms with Crippen LogP contribution in [0.25, 0.3) is 0 Å². The zero-order valence-corrected chi connectivity index (χ0v) is 11.7. The Morgan fingerprint density at radius 2 is 1.84 bits per heavy atom. The Morgan fingerprint density at radius 1 is 1.26 bits per heavy atom. The molecule has 6 nitrogen and oxygen atoms in total. The number of amides is 3. The van der Waals surface area contributed by atoms with Crippen LogP contribution in [0.4, 0.5) is 16.2 Å². The van der Waals surface area contributed by atoms with Crippen molar-refractivity contribution in [1.29, 1.82) is 0 Å². The number of rotatable bonds is 4. The minimum Gasteiger partial charge on any atom is -0.341 e. The molecule has 0 aromatic heterocycles. The summed E-state index contributed by atoms with van der Waals surface area (Å²) in [5.41, 5.74) is 6.80. The van der Waals surface area contributed by atoms with E-state index in [1.807, 2.05) is 6.92 Å². The molecular formula is C12H19ClN4O2. The van der Waals surface area contributed by atoms with E-state index < -0.39 is 6.04 Å². The van der Waals surface area contributed by atoms with E-state index in [1.54, 1.807) is 24.3 Å². The Bertz CT molecular complexity index is 439. The van der Waals surface area contributed by atoms with Gasteiger partial charge in [0, 0.05) is 18.4 Å². The van der Waals surface area contributed by atoms with Crippen molar-refractivity contribution in [3.63, 3.8) is 0 Å². The van der Waals surface area contributed by atoms with Crippen LogP contribution in [0.1, 0.15) is 13.3 Å². The van der Waals surface area contributed by atoms with E-state index in [2.05, 4.69) is 16.0 Å². The van der Waals surface area contributed by atoms with Gasteiger partial charge in [0.2, 0.25) is 5.91 Å². The molecule has 0 fully saturated rings. The number of nitrogens with two attached hydrogens (primary N) is 1. The first-order valence-electron chi connectivity index (χ1n) is 5.72. The molecule has 0 bridgehead atoms. The summed E-state index contributed by atoms with van der Waals surface area (Å²) in [5, 5.41) is 7.75. The number of hydrogen-bond donors (Lipinski definition) is 4. The average molecular weight is 287 g/mol. The van der Waals surface area contributed by atoms with Crippen molar-refractivity contribution in [2.75, 3.05) is 17.7 Å². The van der Waals surface area contributed by atoms with Gasteiger partial charge in [0.25, 0.3) is 0 Å². The molecule has 0 aliphatic rings. The fourth-order valence-electron chi connectivity index (χ4n) is 1.29. The third-order valence-corrected chi connectivity index (χ3v) is 2.39. The first-order chi connectivity index (χ1) is 8.56. The number of anilines is 2. The van der Waals surface area contributed by atoms with E-state index in [0.29, 0.717) is 17.8 Å². The lowest BCUT2D eigenvalue weighted by molar-refractivity contribution is -0.117. The summed E-state index contributed by atoms with van der Waals surface area (Å²) in [6.07, 6.45) is 0.571. The standard InChI is InChI=1S/C12H18N4O2.ClH/c1-3-10(13)11(17)15-8-5-4-6-9(7-8)16-12(18)14-2;/h4-7,10H,3,13H2,1-2H3,(H,15,17)(H2,14,16,18);1H/t10-;/m0./s1. The van der Waals surface area contributed by atoms with E-state index >= 15 is 0 Å². The van der Waals surface area contributed by atoms with Crippen molar-refractivity contribution in [3.8, 4) is 0 Å². The second-order valence-corrected chi connectivity index (χ2v) is 3.79. The SMILES string of the molecule is CC[C@H](N)C(=O)Nc1cccc(NC(=O)NC)c1.Cl. The van der Waals surface area contributed by atoms with Gasteiger partial charge in [-0.05, 0) is 24.6 Å². The maximum Gasteiger partial charge on any atom is 0.318 e. The van der Waals surface area contributed by atoms with Gasteiger partial charge in [-0.2, -0.15) is 0 Å². The zero-order valence-electron chi connectivity index (χ0n) is 10.9. The Hall–Kier alpha value is -1.79. The molecule has 1 aromatic rings. The lowest BCUT2D eigenvalue weighted by atomic mass is 10.2. The highest BCUT2D eigenvalue weighted by atomic mass is 35.5. The van der Waals surface area contributed by atoms with Crippen LogP contribution < -0.4 is 21.7 Å². The van der Waals surface area contributed by atoms with Crippen molar-refractivity contribution >= 4 is 35.7 Å². The minimum absolute atomic E-state index is 0. The molecule has 0 radical (unpaired) electrons. The number of halogens is 1. The Kier molecular flexibility index (Phi) is 7.55. The third kappa shape index (κ3) is 5.58. The molecule has 3 amide bonds. The highest BCUT2D eigenvalue weighted by molar-refractivity contribution is 5.96. The van der Waals surface area contributed by atoms with Crippen LogP contribution in [0.15, 0.2) is 24.3 Å². The van der Waals surface area contributed by atoms with Crippen molar-refractivity contribution in [3.05, 3.63) is 24.3 Å². The van der Waals surface area contributed by atoms with Crippen molar-refractivity contribution in [1.82, 2.24) is 5.32 Å². The molecule has 1 rings (SSSR count). The highest BCUT2D eigenvalue weighted by Gasteiger charge is 2.11. The number of hydrogen-bond acceptors (Lipinski definition) is 3. The molecule has 0 saturated carbocycles. The molecule has 1 aromatic carbocycles. The Balaban J connectivity index is 0.00000324. The van der Waals surface area contributed by atoms with Crippen LogP contribution in [-0.4, -0.2) is 25.0 Å². The number of urea groups is 1. The maximum absolute atomic E-state index is 11.6. The van der Waals surface area contributed by atoms with Crippen LogP contribution in [0.5, 0.6) is 0 Å². The van der Waals surface area contributed by atoms with Gasteiger partial charge in [0.05, 0.1) is 6.04 Å². The summed E-state index contributed by atoms with van der Waals surface area (Å²) < 4.78 is 0. The van der Waals surface area contributed by atoms with Gasteiger partial charge in [-0.3, -0.25) is 4.79 Å². The number of benzene rings is 1. The van der Waals surface area contributed by atoms with Crippen LogP contribution in [-0.2, 0) is 4.79 Å². The maximum atomic E-state index is 11.6. The third-order valence-electron chi connectivity index (χ3n) is 2.39. The predicted octanol–water partition coefficient (Wildman–Crippen LogP) is 1.54. The number of carbonyl (C=O) groups is 2. The molecule has 0 aliphatic carbocycles. The van der Waals surface area contributed by atoms with Gasteiger partial charge in [0.1, 0.15) is 0 Å². The fraction of sp³-hybridized carbons (Fsp3) is 0.333. The van der Waals surface area contributed by atoms with Crippen LogP contribution in [0, 0.1) is 0 Å². The van der Waals surface area contributed by atoms with E-state index in [1.165, 1.54) is 7.05 Å². The van der Waals surface area contributed by atoms with Crippen LogP contribution >= 0.6 is 12.4 Å². The predicted molar refractivity (Wildman–Crippen MR) is 78.7 cm³/mol. The molecular weight excluding hydrogens is 268 g/mol. The second kappa shape index (κ2) is 8.34.